The van der Waals surface area contributed by atoms with Crippen molar-refractivity contribution >= 4 is 17.5 Å². The van der Waals surface area contributed by atoms with Gasteiger partial charge < -0.3 is 21.1 Å². The molecule has 2 aromatic rings. The fourth-order valence-electron chi connectivity index (χ4n) is 4.06. The fraction of sp³-hybridized carbons (Fsp3) is 0.522. The van der Waals surface area contributed by atoms with Crippen molar-refractivity contribution in [1.82, 2.24) is 14.9 Å². The number of hydrogen-bond acceptors (Lipinski definition) is 7. The fourth-order valence-corrected chi connectivity index (χ4v) is 4.06. The highest BCUT2D eigenvalue weighted by molar-refractivity contribution is 5.75. The number of aliphatic hydroxyl groups excluding tert-OH is 1. The minimum absolute atomic E-state index is 0.0224. The standard InChI is InChI=1S/C23H30F4N6O2/c1-14(2)33(10-15-3-5-17(6-4-15)23(25,26)27)22-20(24)21(30-13-31-22)29-9-16-7-8-32(11-18(16)34)12-19(28)35/h3-6,13-14,16,18,34H,7-12H2,1-2H3,(H2,28,35)(H,29,30,31)/t16-,18+/m1/s1. The molecule has 1 aliphatic rings. The molecule has 0 radical (unpaired) electrons. The summed E-state index contributed by atoms with van der Waals surface area (Å²) in [6.45, 7) is 5.02. The van der Waals surface area contributed by atoms with Crippen molar-refractivity contribution in [2.45, 2.75) is 45.1 Å². The van der Waals surface area contributed by atoms with Gasteiger partial charge in [0.25, 0.3) is 0 Å². The molecule has 8 nitrogen and oxygen atoms in total. The van der Waals surface area contributed by atoms with Crippen LogP contribution in [0.1, 0.15) is 31.4 Å². The lowest BCUT2D eigenvalue weighted by atomic mass is 9.93. The van der Waals surface area contributed by atoms with Gasteiger partial charge in [0.15, 0.2) is 11.6 Å². The van der Waals surface area contributed by atoms with Crippen LogP contribution in [0.5, 0.6) is 0 Å². The Kier molecular flexibility index (Phi) is 8.49. The van der Waals surface area contributed by atoms with Crippen LogP contribution in [-0.4, -0.2) is 64.2 Å². The predicted molar refractivity (Wildman–Crippen MR) is 123 cm³/mol. The normalized spacial score (nSPS) is 19.1. The Morgan fingerprint density at radius 3 is 2.54 bits per heavy atom. The van der Waals surface area contributed by atoms with Crippen LogP contribution in [0.15, 0.2) is 30.6 Å². The number of piperidine rings is 1. The number of nitrogens with one attached hydrogen (secondary N) is 1. The van der Waals surface area contributed by atoms with Crippen LogP contribution in [0.2, 0.25) is 0 Å². The molecular formula is C23H30F4N6O2. The first-order valence-corrected chi connectivity index (χ1v) is 11.3. The number of carbonyl (C=O) groups is 1. The molecule has 1 fully saturated rings. The molecule has 1 aliphatic heterocycles. The molecule has 0 saturated carbocycles. The Hall–Kier alpha value is -2.99. The molecule has 35 heavy (non-hydrogen) atoms. The molecule has 12 heteroatoms. The molecule has 1 saturated heterocycles. The molecule has 3 rings (SSSR count). The zero-order chi connectivity index (χ0) is 25.8. The third-order valence-electron chi connectivity index (χ3n) is 6.02. The highest BCUT2D eigenvalue weighted by Gasteiger charge is 2.31. The van der Waals surface area contributed by atoms with Gasteiger partial charge in [-0.25, -0.2) is 9.97 Å². The Labute approximate surface area is 201 Å². The summed E-state index contributed by atoms with van der Waals surface area (Å²) in [5.41, 5.74) is 5.03. The first kappa shape index (κ1) is 26.6. The number of nitrogens with two attached hydrogens (primary N) is 1. The Balaban J connectivity index is 1.69. The van der Waals surface area contributed by atoms with Crippen LogP contribution >= 0.6 is 0 Å². The number of anilines is 2. The molecule has 2 heterocycles. The van der Waals surface area contributed by atoms with Gasteiger partial charge in [-0.15, -0.1) is 0 Å². The third kappa shape index (κ3) is 7.01. The van der Waals surface area contributed by atoms with E-state index in [1.807, 2.05) is 13.8 Å². The van der Waals surface area contributed by atoms with E-state index in [1.165, 1.54) is 18.5 Å². The largest absolute Gasteiger partial charge is 0.416 e. The smallest absolute Gasteiger partial charge is 0.391 e. The summed E-state index contributed by atoms with van der Waals surface area (Å²) in [7, 11) is 0. The van der Waals surface area contributed by atoms with Gasteiger partial charge in [-0.2, -0.15) is 17.6 Å². The van der Waals surface area contributed by atoms with Crippen LogP contribution in [0.25, 0.3) is 0 Å². The van der Waals surface area contributed by atoms with E-state index in [9.17, 15) is 23.1 Å². The number of rotatable bonds is 9. The topological polar surface area (TPSA) is 108 Å². The Morgan fingerprint density at radius 1 is 1.29 bits per heavy atom. The van der Waals surface area contributed by atoms with E-state index in [0.29, 0.717) is 25.1 Å². The molecule has 0 aliphatic carbocycles. The summed E-state index contributed by atoms with van der Waals surface area (Å²) in [4.78, 5) is 22.6. The Morgan fingerprint density at radius 2 is 1.97 bits per heavy atom. The third-order valence-corrected chi connectivity index (χ3v) is 6.02. The summed E-state index contributed by atoms with van der Waals surface area (Å²) in [5.74, 6) is -1.33. The number of aromatic nitrogens is 2. The van der Waals surface area contributed by atoms with Crippen LogP contribution in [0.3, 0.4) is 0 Å². The second kappa shape index (κ2) is 11.2. The maximum absolute atomic E-state index is 15.4. The van der Waals surface area contributed by atoms with E-state index in [4.69, 9.17) is 5.73 Å². The van der Waals surface area contributed by atoms with E-state index < -0.39 is 29.6 Å². The average molecular weight is 499 g/mol. The number of nitrogens with zero attached hydrogens (tertiary/aromatic N) is 4. The number of aliphatic hydroxyl groups is 1. The van der Waals surface area contributed by atoms with Crippen molar-refractivity contribution in [1.29, 1.82) is 0 Å². The zero-order valence-corrected chi connectivity index (χ0v) is 19.6. The number of likely N-dealkylation sites (tertiary alicyclic amines) is 1. The van der Waals surface area contributed by atoms with E-state index in [1.54, 1.807) is 9.80 Å². The second-order valence-corrected chi connectivity index (χ2v) is 8.97. The van der Waals surface area contributed by atoms with Crippen molar-refractivity contribution in [3.63, 3.8) is 0 Å². The lowest BCUT2D eigenvalue weighted by molar-refractivity contribution is -0.137. The summed E-state index contributed by atoms with van der Waals surface area (Å²) in [6, 6.07) is 4.52. The number of hydrogen-bond donors (Lipinski definition) is 3. The minimum Gasteiger partial charge on any atom is -0.391 e. The van der Waals surface area contributed by atoms with E-state index in [-0.39, 0.29) is 43.2 Å². The van der Waals surface area contributed by atoms with Crippen molar-refractivity contribution in [2.75, 3.05) is 36.4 Å². The number of halogens is 4. The number of alkyl halides is 3. The van der Waals surface area contributed by atoms with Gasteiger partial charge in [-0.05, 0) is 44.5 Å². The van der Waals surface area contributed by atoms with Gasteiger partial charge in [0.05, 0.1) is 18.2 Å². The molecule has 1 aromatic heterocycles. The molecule has 1 aromatic carbocycles. The van der Waals surface area contributed by atoms with E-state index in [0.717, 1.165) is 12.1 Å². The van der Waals surface area contributed by atoms with Crippen molar-refractivity contribution < 1.29 is 27.5 Å². The van der Waals surface area contributed by atoms with Crippen molar-refractivity contribution in [2.24, 2.45) is 11.7 Å². The van der Waals surface area contributed by atoms with E-state index in [2.05, 4.69) is 15.3 Å². The average Bonchev–Trinajstić information content (AvgIpc) is 2.77. The predicted octanol–water partition coefficient (Wildman–Crippen LogP) is 2.63. The lowest BCUT2D eigenvalue weighted by Crippen LogP contribution is -2.48. The van der Waals surface area contributed by atoms with Crippen LogP contribution in [0.4, 0.5) is 29.2 Å². The molecule has 0 bridgehead atoms. The summed E-state index contributed by atoms with van der Waals surface area (Å²) in [5, 5.41) is 13.4. The summed E-state index contributed by atoms with van der Waals surface area (Å²) >= 11 is 0. The first-order chi connectivity index (χ1) is 16.5. The maximum atomic E-state index is 15.4. The molecule has 192 valence electrons. The SMILES string of the molecule is CC(C)N(Cc1ccc(C(F)(F)F)cc1)c1ncnc(NC[C@H]2CCN(CC(N)=O)C[C@@H]2O)c1F. The van der Waals surface area contributed by atoms with Gasteiger partial charge >= 0.3 is 6.18 Å². The van der Waals surface area contributed by atoms with Gasteiger partial charge in [0.1, 0.15) is 6.33 Å². The number of amides is 1. The summed E-state index contributed by atoms with van der Waals surface area (Å²) in [6.07, 6.45) is -3.34. The Bertz CT molecular complexity index is 1000. The molecule has 1 amide bonds. The monoisotopic (exact) mass is 498 g/mol. The second-order valence-electron chi connectivity index (χ2n) is 8.97. The van der Waals surface area contributed by atoms with E-state index >= 15 is 4.39 Å². The maximum Gasteiger partial charge on any atom is 0.416 e. The number of benzene rings is 1. The minimum atomic E-state index is -4.43. The molecule has 4 N–H and O–H groups in total. The highest BCUT2D eigenvalue weighted by Crippen LogP contribution is 2.30. The van der Waals surface area contributed by atoms with Gasteiger partial charge in [-0.1, -0.05) is 12.1 Å². The van der Waals surface area contributed by atoms with Crippen molar-refractivity contribution in [3.05, 3.63) is 47.5 Å². The highest BCUT2D eigenvalue weighted by atomic mass is 19.4. The first-order valence-electron chi connectivity index (χ1n) is 11.3. The van der Waals surface area contributed by atoms with Gasteiger partial charge in [0, 0.05) is 31.6 Å². The van der Waals surface area contributed by atoms with Gasteiger partial charge in [-0.3, -0.25) is 9.69 Å². The summed E-state index contributed by atoms with van der Waals surface area (Å²) < 4.78 is 53.9. The van der Waals surface area contributed by atoms with Crippen LogP contribution in [-0.2, 0) is 17.5 Å². The number of β-amino-alcohol motifs (C(OH)–C–C–N with tert-alkyl or cyclic N) is 1. The molecular weight excluding hydrogens is 468 g/mol. The lowest BCUT2D eigenvalue weighted by Gasteiger charge is -2.35. The molecule has 2 atom stereocenters. The van der Waals surface area contributed by atoms with Gasteiger partial charge in [0.2, 0.25) is 11.7 Å². The van der Waals surface area contributed by atoms with Crippen LogP contribution in [0, 0.1) is 11.7 Å². The number of primary amides is 1. The zero-order valence-electron chi connectivity index (χ0n) is 19.6. The van der Waals surface area contributed by atoms with Crippen molar-refractivity contribution in [3.8, 4) is 0 Å². The number of carbonyl (C=O) groups excluding carboxylic acids is 1. The quantitative estimate of drug-likeness (QED) is 0.456. The molecule has 0 spiro atoms. The van der Waals surface area contributed by atoms with Crippen LogP contribution < -0.4 is 16.0 Å². The molecule has 0 unspecified atom stereocenters.